The van der Waals surface area contributed by atoms with Gasteiger partial charge in [0.05, 0.1) is 11.0 Å². The van der Waals surface area contributed by atoms with E-state index in [4.69, 9.17) is 0 Å². The number of anilines is 1. The second kappa shape index (κ2) is 5.09. The molecule has 0 radical (unpaired) electrons. The first-order chi connectivity index (χ1) is 9.22. The molecule has 6 heteroatoms. The van der Waals surface area contributed by atoms with Crippen LogP contribution in [0.3, 0.4) is 0 Å². The molecule has 1 atom stereocenters. The highest BCUT2D eigenvalue weighted by molar-refractivity contribution is 5.96. The predicted molar refractivity (Wildman–Crippen MR) is 70.4 cm³/mol. The van der Waals surface area contributed by atoms with E-state index in [1.807, 2.05) is 6.92 Å². The van der Waals surface area contributed by atoms with Gasteiger partial charge in [-0.25, -0.2) is 0 Å². The summed E-state index contributed by atoms with van der Waals surface area (Å²) in [6.07, 6.45) is -3.73. The zero-order valence-corrected chi connectivity index (χ0v) is 11.4. The lowest BCUT2D eigenvalue weighted by molar-refractivity contribution is -0.137. The maximum Gasteiger partial charge on any atom is 0.416 e. The fourth-order valence-electron chi connectivity index (χ4n) is 2.22. The molecule has 1 aliphatic heterocycles. The number of hydrogen-bond acceptors (Lipinski definition) is 2. The molecule has 20 heavy (non-hydrogen) atoms. The number of halogens is 3. The van der Waals surface area contributed by atoms with Gasteiger partial charge in [-0.05, 0) is 44.5 Å². The van der Waals surface area contributed by atoms with Gasteiger partial charge in [-0.3, -0.25) is 4.79 Å². The summed E-state index contributed by atoms with van der Waals surface area (Å²) in [5.74, 6) is -0.245. The van der Waals surface area contributed by atoms with Crippen LogP contribution in [-0.4, -0.2) is 19.0 Å². The number of hydrogen-bond donors (Lipinski definition) is 2. The monoisotopic (exact) mass is 286 g/mol. The standard InChI is InChI=1S/C14H17F3N2O/c1-9-3-4-10(14(15,16)17)7-11(9)19-12(20)13(2)5-6-18-8-13/h3-4,7,18H,5-6,8H2,1-2H3,(H,19,20). The van der Waals surface area contributed by atoms with Gasteiger partial charge in [-0.1, -0.05) is 6.07 Å². The van der Waals surface area contributed by atoms with E-state index in [0.717, 1.165) is 18.7 Å². The highest BCUT2D eigenvalue weighted by Crippen LogP contribution is 2.33. The molecular formula is C14H17F3N2O. The summed E-state index contributed by atoms with van der Waals surface area (Å²) in [6.45, 7) is 4.76. The number of alkyl halides is 3. The van der Waals surface area contributed by atoms with Crippen LogP contribution < -0.4 is 10.6 Å². The summed E-state index contributed by atoms with van der Waals surface area (Å²) >= 11 is 0. The Morgan fingerprint density at radius 3 is 2.65 bits per heavy atom. The second-order valence-electron chi connectivity index (χ2n) is 5.47. The van der Waals surface area contributed by atoms with Crippen molar-refractivity contribution >= 4 is 11.6 Å². The van der Waals surface area contributed by atoms with E-state index in [-0.39, 0.29) is 11.6 Å². The Bertz CT molecular complexity index is 520. The molecule has 2 rings (SSSR count). The van der Waals surface area contributed by atoms with Crippen molar-refractivity contribution in [3.63, 3.8) is 0 Å². The van der Waals surface area contributed by atoms with E-state index in [1.54, 1.807) is 6.92 Å². The molecule has 1 amide bonds. The minimum atomic E-state index is -4.41. The summed E-state index contributed by atoms with van der Waals surface area (Å²) in [5.41, 5.74) is -0.493. The molecule has 1 saturated heterocycles. The van der Waals surface area contributed by atoms with Gasteiger partial charge >= 0.3 is 6.18 Å². The average molecular weight is 286 g/mol. The van der Waals surface area contributed by atoms with Gasteiger partial charge in [0.2, 0.25) is 5.91 Å². The molecule has 1 aromatic carbocycles. The van der Waals surface area contributed by atoms with E-state index in [0.29, 0.717) is 18.5 Å². The first kappa shape index (κ1) is 14.8. The molecule has 110 valence electrons. The van der Waals surface area contributed by atoms with Crippen molar-refractivity contribution in [3.05, 3.63) is 29.3 Å². The Kier molecular flexibility index (Phi) is 3.77. The zero-order valence-electron chi connectivity index (χ0n) is 11.4. The van der Waals surface area contributed by atoms with Crippen molar-refractivity contribution in [1.82, 2.24) is 5.32 Å². The van der Waals surface area contributed by atoms with E-state index >= 15 is 0 Å². The third-order valence-corrected chi connectivity index (χ3v) is 3.73. The van der Waals surface area contributed by atoms with E-state index in [2.05, 4.69) is 10.6 Å². The second-order valence-corrected chi connectivity index (χ2v) is 5.47. The number of carbonyl (C=O) groups is 1. The van der Waals surface area contributed by atoms with Crippen LogP contribution in [0, 0.1) is 12.3 Å². The Morgan fingerprint density at radius 2 is 2.10 bits per heavy atom. The lowest BCUT2D eigenvalue weighted by Gasteiger charge is -2.22. The predicted octanol–water partition coefficient (Wildman–Crippen LogP) is 2.95. The van der Waals surface area contributed by atoms with Crippen LogP contribution in [0.1, 0.15) is 24.5 Å². The minimum absolute atomic E-state index is 0.220. The van der Waals surface area contributed by atoms with E-state index in [9.17, 15) is 18.0 Å². The lowest BCUT2D eigenvalue weighted by atomic mass is 9.88. The summed E-state index contributed by atoms with van der Waals surface area (Å²) in [7, 11) is 0. The fourth-order valence-corrected chi connectivity index (χ4v) is 2.22. The first-order valence-corrected chi connectivity index (χ1v) is 6.42. The third-order valence-electron chi connectivity index (χ3n) is 3.73. The van der Waals surface area contributed by atoms with Gasteiger partial charge in [-0.15, -0.1) is 0 Å². The normalized spacial score (nSPS) is 22.9. The van der Waals surface area contributed by atoms with Crippen LogP contribution in [0.4, 0.5) is 18.9 Å². The van der Waals surface area contributed by atoms with E-state index in [1.165, 1.54) is 6.07 Å². The van der Waals surface area contributed by atoms with Crippen molar-refractivity contribution in [3.8, 4) is 0 Å². The molecule has 0 bridgehead atoms. The largest absolute Gasteiger partial charge is 0.416 e. The summed E-state index contributed by atoms with van der Waals surface area (Å²) in [5, 5.41) is 5.72. The van der Waals surface area contributed by atoms with Crippen LogP contribution in [-0.2, 0) is 11.0 Å². The smallest absolute Gasteiger partial charge is 0.325 e. The number of amides is 1. The number of aryl methyl sites for hydroxylation is 1. The molecule has 1 unspecified atom stereocenters. The zero-order chi connectivity index (χ0) is 15.0. The molecule has 0 spiro atoms. The molecule has 0 saturated carbocycles. The molecule has 1 fully saturated rings. The third kappa shape index (κ3) is 2.95. The first-order valence-electron chi connectivity index (χ1n) is 6.42. The van der Waals surface area contributed by atoms with Crippen molar-refractivity contribution in [2.24, 2.45) is 5.41 Å². The maximum absolute atomic E-state index is 12.7. The molecule has 1 aliphatic rings. The Labute approximate surface area is 115 Å². The van der Waals surface area contributed by atoms with Gasteiger partial charge in [0.1, 0.15) is 0 Å². The lowest BCUT2D eigenvalue weighted by Crippen LogP contribution is -2.35. The highest BCUT2D eigenvalue weighted by atomic mass is 19.4. The molecular weight excluding hydrogens is 269 g/mol. The van der Waals surface area contributed by atoms with Crippen LogP contribution in [0.25, 0.3) is 0 Å². The Hall–Kier alpha value is -1.56. The van der Waals surface area contributed by atoms with Gasteiger partial charge < -0.3 is 10.6 Å². The van der Waals surface area contributed by atoms with Crippen LogP contribution in [0.2, 0.25) is 0 Å². The molecule has 0 aromatic heterocycles. The summed E-state index contributed by atoms with van der Waals surface area (Å²) in [4.78, 5) is 12.2. The minimum Gasteiger partial charge on any atom is -0.325 e. The number of carbonyl (C=O) groups excluding carboxylic acids is 1. The number of benzene rings is 1. The Morgan fingerprint density at radius 1 is 1.40 bits per heavy atom. The quantitative estimate of drug-likeness (QED) is 0.877. The van der Waals surface area contributed by atoms with Crippen molar-refractivity contribution < 1.29 is 18.0 Å². The summed E-state index contributed by atoms with van der Waals surface area (Å²) in [6, 6.07) is 3.37. The van der Waals surface area contributed by atoms with E-state index < -0.39 is 17.2 Å². The average Bonchev–Trinajstić information content (AvgIpc) is 2.79. The van der Waals surface area contributed by atoms with Crippen LogP contribution in [0.5, 0.6) is 0 Å². The fraction of sp³-hybridized carbons (Fsp3) is 0.500. The molecule has 3 nitrogen and oxygen atoms in total. The molecule has 0 aliphatic carbocycles. The number of nitrogens with one attached hydrogen (secondary N) is 2. The maximum atomic E-state index is 12.7. The van der Waals surface area contributed by atoms with Crippen LogP contribution in [0.15, 0.2) is 18.2 Å². The number of rotatable bonds is 2. The van der Waals surface area contributed by atoms with Crippen molar-refractivity contribution in [1.29, 1.82) is 0 Å². The highest BCUT2D eigenvalue weighted by Gasteiger charge is 2.37. The van der Waals surface area contributed by atoms with Crippen LogP contribution >= 0.6 is 0 Å². The molecule has 1 heterocycles. The van der Waals surface area contributed by atoms with Gasteiger partial charge in [0.25, 0.3) is 0 Å². The van der Waals surface area contributed by atoms with Gasteiger partial charge in [0, 0.05) is 12.2 Å². The molecule has 2 N–H and O–H groups in total. The van der Waals surface area contributed by atoms with Crippen molar-refractivity contribution in [2.75, 3.05) is 18.4 Å². The van der Waals surface area contributed by atoms with Gasteiger partial charge in [0.15, 0.2) is 0 Å². The SMILES string of the molecule is Cc1ccc(C(F)(F)F)cc1NC(=O)C1(C)CCNC1. The summed E-state index contributed by atoms with van der Waals surface area (Å²) < 4.78 is 38.1. The molecule has 1 aromatic rings. The van der Waals surface area contributed by atoms with Crippen molar-refractivity contribution in [2.45, 2.75) is 26.4 Å². The topological polar surface area (TPSA) is 41.1 Å². The Balaban J connectivity index is 2.22. The van der Waals surface area contributed by atoms with Gasteiger partial charge in [-0.2, -0.15) is 13.2 Å².